The van der Waals surface area contributed by atoms with Gasteiger partial charge in [-0.25, -0.2) is 0 Å². The summed E-state index contributed by atoms with van der Waals surface area (Å²) in [5.41, 5.74) is 4.96. The largest absolute Gasteiger partial charge is 0.350 e. The number of rotatable bonds is 4. The van der Waals surface area contributed by atoms with E-state index in [1.54, 1.807) is 0 Å². The number of carbonyl (C=O) groups is 2. The summed E-state index contributed by atoms with van der Waals surface area (Å²) in [7, 11) is -4.08. The van der Waals surface area contributed by atoms with Gasteiger partial charge in [0, 0.05) is 25.9 Å². The molecule has 9 heteroatoms. The molecule has 0 spiro atoms. The molecule has 0 aromatic rings. The van der Waals surface area contributed by atoms with Crippen molar-refractivity contribution < 1.29 is 22.6 Å². The summed E-state index contributed by atoms with van der Waals surface area (Å²) >= 11 is 0. The zero-order valence-electron chi connectivity index (χ0n) is 17.7. The Morgan fingerprint density at radius 2 is 1.90 bits per heavy atom. The van der Waals surface area contributed by atoms with Crippen molar-refractivity contribution in [3.8, 4) is 0 Å². The molecule has 166 valence electrons. The van der Waals surface area contributed by atoms with Crippen molar-refractivity contribution >= 4 is 21.8 Å². The van der Waals surface area contributed by atoms with Crippen LogP contribution < -0.4 is 11.1 Å². The molecule has 8 nitrogen and oxygen atoms in total. The van der Waals surface area contributed by atoms with E-state index in [9.17, 15) is 18.0 Å². The molecule has 29 heavy (non-hydrogen) atoms. The van der Waals surface area contributed by atoms with Gasteiger partial charge in [-0.2, -0.15) is 8.42 Å². The molecule has 1 amide bonds. The van der Waals surface area contributed by atoms with Gasteiger partial charge in [-0.05, 0) is 42.9 Å². The second-order valence-electron chi connectivity index (χ2n) is 9.70. The standard InChI is InChI=1S/C10H19N3O.C10H16O4S/c1-2-8(14)12-9-7-3-5-13(6-4-7)10(9)11;1-9(2)7-3-4-10(9,8(11)5-7)6-15(12,13)14/h7,9-10H,2-6,11H2,1H3,(H,12,14);7H,3-6H2,1-2H3,(H,12,13,14)/t9?,10-;/m0./s1. The molecule has 5 rings (SSSR count). The van der Waals surface area contributed by atoms with Crippen LogP contribution in [0.25, 0.3) is 0 Å². The maximum atomic E-state index is 11.9. The van der Waals surface area contributed by atoms with Gasteiger partial charge in [0.15, 0.2) is 0 Å². The van der Waals surface area contributed by atoms with Gasteiger partial charge in [-0.15, -0.1) is 0 Å². The zero-order valence-corrected chi connectivity index (χ0v) is 18.5. The predicted octanol–water partition coefficient (Wildman–Crippen LogP) is 1.16. The second-order valence-corrected chi connectivity index (χ2v) is 11.2. The van der Waals surface area contributed by atoms with Crippen LogP contribution in [-0.2, 0) is 19.7 Å². The van der Waals surface area contributed by atoms with E-state index in [1.807, 2.05) is 20.8 Å². The van der Waals surface area contributed by atoms with Crippen LogP contribution in [0.3, 0.4) is 0 Å². The van der Waals surface area contributed by atoms with E-state index in [4.69, 9.17) is 10.3 Å². The Morgan fingerprint density at radius 3 is 2.31 bits per heavy atom. The van der Waals surface area contributed by atoms with Gasteiger partial charge in [-0.3, -0.25) is 19.0 Å². The van der Waals surface area contributed by atoms with Crippen molar-refractivity contribution in [1.29, 1.82) is 0 Å². The molecule has 0 aromatic carbocycles. The highest BCUT2D eigenvalue weighted by Crippen LogP contribution is 2.64. The molecule has 5 aliphatic rings. The number of Topliss-reactive ketones (excluding diaryl/α,β-unsaturated/α-hetero) is 1. The molecule has 0 aromatic heterocycles. The van der Waals surface area contributed by atoms with Crippen LogP contribution in [0, 0.1) is 22.7 Å². The molecule has 3 aliphatic heterocycles. The van der Waals surface area contributed by atoms with E-state index < -0.39 is 21.3 Å². The highest BCUT2D eigenvalue weighted by atomic mass is 32.2. The number of nitrogens with two attached hydrogens (primary N) is 1. The summed E-state index contributed by atoms with van der Waals surface area (Å²) in [6.45, 7) is 7.97. The normalized spacial score (nSPS) is 39.8. The number of hydrogen-bond acceptors (Lipinski definition) is 6. The molecule has 2 saturated carbocycles. The van der Waals surface area contributed by atoms with Crippen LogP contribution in [0.1, 0.15) is 59.3 Å². The highest BCUT2D eigenvalue weighted by Gasteiger charge is 2.65. The third kappa shape index (κ3) is 4.11. The Morgan fingerprint density at radius 1 is 1.28 bits per heavy atom. The van der Waals surface area contributed by atoms with Crippen LogP contribution >= 0.6 is 0 Å². The summed E-state index contributed by atoms with van der Waals surface area (Å²) < 4.78 is 31.0. The summed E-state index contributed by atoms with van der Waals surface area (Å²) in [4.78, 5) is 25.5. The smallest absolute Gasteiger partial charge is 0.265 e. The number of carbonyl (C=O) groups excluding carboxylic acids is 2. The van der Waals surface area contributed by atoms with E-state index in [0.29, 0.717) is 25.2 Å². The lowest BCUT2D eigenvalue weighted by atomic mass is 9.70. The third-order valence-corrected chi connectivity index (χ3v) is 8.95. The molecule has 4 bridgehead atoms. The van der Waals surface area contributed by atoms with E-state index in [-0.39, 0.29) is 35.2 Å². The van der Waals surface area contributed by atoms with Crippen molar-refractivity contribution in [2.45, 2.75) is 71.5 Å². The minimum Gasteiger partial charge on any atom is -0.350 e. The first-order valence-corrected chi connectivity index (χ1v) is 12.3. The number of nitrogens with zero attached hydrogens (tertiary/aromatic N) is 1. The summed E-state index contributed by atoms with van der Waals surface area (Å²) in [5, 5.41) is 3.04. The van der Waals surface area contributed by atoms with E-state index in [1.165, 1.54) is 12.8 Å². The van der Waals surface area contributed by atoms with Crippen LogP contribution in [0.5, 0.6) is 0 Å². The summed E-state index contributed by atoms with van der Waals surface area (Å²) in [6.07, 6.45) is 4.93. The van der Waals surface area contributed by atoms with Crippen LogP contribution in [0.2, 0.25) is 0 Å². The van der Waals surface area contributed by atoms with Crippen molar-refractivity contribution in [1.82, 2.24) is 10.2 Å². The third-order valence-electron chi connectivity index (χ3n) is 8.09. The summed E-state index contributed by atoms with van der Waals surface area (Å²) in [5.74, 6) is 0.625. The number of ketones is 1. The maximum Gasteiger partial charge on any atom is 0.265 e. The van der Waals surface area contributed by atoms with Crippen molar-refractivity contribution in [2.75, 3.05) is 18.8 Å². The van der Waals surface area contributed by atoms with Crippen molar-refractivity contribution in [2.24, 2.45) is 28.4 Å². The second kappa shape index (κ2) is 7.90. The van der Waals surface area contributed by atoms with Crippen molar-refractivity contribution in [3.63, 3.8) is 0 Å². The number of hydrogen-bond donors (Lipinski definition) is 3. The molecular weight excluding hydrogens is 394 g/mol. The maximum absolute atomic E-state index is 11.9. The first-order valence-electron chi connectivity index (χ1n) is 10.7. The minimum absolute atomic E-state index is 0.0152. The van der Waals surface area contributed by atoms with Gasteiger partial charge in [0.2, 0.25) is 5.91 Å². The monoisotopic (exact) mass is 429 g/mol. The topological polar surface area (TPSA) is 130 Å². The lowest BCUT2D eigenvalue weighted by molar-refractivity contribution is -0.128. The number of amides is 1. The van der Waals surface area contributed by atoms with E-state index in [2.05, 4.69) is 10.2 Å². The molecular formula is C20H35N3O5S. The predicted molar refractivity (Wildman–Crippen MR) is 109 cm³/mol. The lowest BCUT2D eigenvalue weighted by Crippen LogP contribution is -2.66. The molecule has 3 saturated heterocycles. The zero-order chi connectivity index (χ0) is 21.6. The molecule has 0 radical (unpaired) electrons. The highest BCUT2D eigenvalue weighted by molar-refractivity contribution is 7.85. The van der Waals surface area contributed by atoms with E-state index in [0.717, 1.165) is 19.5 Å². The molecule has 4 atom stereocenters. The number of nitrogens with one attached hydrogen (secondary N) is 1. The van der Waals surface area contributed by atoms with Crippen LogP contribution in [-0.4, -0.2) is 60.6 Å². The fraction of sp³-hybridized carbons (Fsp3) is 0.900. The Hall–Kier alpha value is -1.03. The Balaban J connectivity index is 0.000000166. The Labute approximate surface area is 173 Å². The average molecular weight is 430 g/mol. The quantitative estimate of drug-likeness (QED) is 0.572. The fourth-order valence-corrected chi connectivity index (χ4v) is 7.29. The SMILES string of the molecule is CC1(C)C2CCC1(CS(=O)(=O)O)C(=O)C2.CCC(=O)NC1C2CCN(CC2)[C@@H]1N. The Kier molecular flexibility index (Phi) is 6.17. The van der Waals surface area contributed by atoms with E-state index >= 15 is 0 Å². The molecule has 4 N–H and O–H groups in total. The van der Waals surface area contributed by atoms with Crippen LogP contribution in [0.4, 0.5) is 0 Å². The number of fused-ring (bicyclic) bond motifs is 5. The number of piperidine rings is 3. The van der Waals surface area contributed by atoms with Gasteiger partial charge in [0.1, 0.15) is 5.78 Å². The van der Waals surface area contributed by atoms with Gasteiger partial charge in [-0.1, -0.05) is 20.8 Å². The van der Waals surface area contributed by atoms with Gasteiger partial charge in [0.05, 0.1) is 23.4 Å². The lowest BCUT2D eigenvalue weighted by Gasteiger charge is -2.49. The molecule has 3 unspecified atom stereocenters. The molecule has 5 fully saturated rings. The van der Waals surface area contributed by atoms with Gasteiger partial charge in [0.25, 0.3) is 10.1 Å². The first kappa shape index (κ1) is 22.7. The fourth-order valence-electron chi connectivity index (χ4n) is 5.99. The van der Waals surface area contributed by atoms with Crippen molar-refractivity contribution in [3.05, 3.63) is 0 Å². The average Bonchev–Trinajstić information content (AvgIpc) is 2.98. The first-order chi connectivity index (χ1) is 13.4. The minimum atomic E-state index is -4.08. The van der Waals surface area contributed by atoms with Crippen LogP contribution in [0.15, 0.2) is 0 Å². The summed E-state index contributed by atoms with van der Waals surface area (Å²) in [6, 6.07) is 0.185. The molecule has 2 aliphatic carbocycles. The molecule has 3 heterocycles. The Bertz CT molecular complexity index is 758. The van der Waals surface area contributed by atoms with Gasteiger partial charge < -0.3 is 11.1 Å². The van der Waals surface area contributed by atoms with Gasteiger partial charge >= 0.3 is 0 Å².